The van der Waals surface area contributed by atoms with E-state index in [0.29, 0.717) is 0 Å². The Hall–Kier alpha value is 0.580. The third kappa shape index (κ3) is 4.58. The Kier molecular flexibility index (Phi) is 4.12. The smallest absolute Gasteiger partial charge is 0.0366 e. The van der Waals surface area contributed by atoms with Crippen molar-refractivity contribution in [1.29, 1.82) is 0 Å². The summed E-state index contributed by atoms with van der Waals surface area (Å²) in [5.41, 5.74) is 0. The first-order chi connectivity index (χ1) is 2.77. The fourth-order valence-corrected chi connectivity index (χ4v) is 1.31. The van der Waals surface area contributed by atoms with Gasteiger partial charge >= 0.3 is 0 Å². The molecular formula is C3H9OPS. The summed E-state index contributed by atoms with van der Waals surface area (Å²) in [6, 6.07) is 0. The molecule has 0 saturated carbocycles. The minimum atomic E-state index is -0.649. The molecule has 0 rings (SSSR count). The highest BCUT2D eigenvalue weighted by atomic mass is 32.7. The van der Waals surface area contributed by atoms with Crippen molar-refractivity contribution in [3.63, 3.8) is 0 Å². The topological polar surface area (TPSA) is 17.1 Å². The van der Waals surface area contributed by atoms with Gasteiger partial charge in [0.2, 0.25) is 0 Å². The van der Waals surface area contributed by atoms with E-state index in [4.69, 9.17) is 0 Å². The summed E-state index contributed by atoms with van der Waals surface area (Å²) >= 11 is 0. The van der Waals surface area contributed by atoms with E-state index in [-0.39, 0.29) is 0 Å². The van der Waals surface area contributed by atoms with Crippen LogP contribution < -0.4 is 0 Å². The number of rotatable bonds is 2. The van der Waals surface area contributed by atoms with Crippen LogP contribution in [0.2, 0.25) is 0 Å². The molecule has 3 heteroatoms. The van der Waals surface area contributed by atoms with Crippen molar-refractivity contribution in [2.75, 3.05) is 5.75 Å². The Morgan fingerprint density at radius 2 is 2.33 bits per heavy atom. The van der Waals surface area contributed by atoms with Gasteiger partial charge in [0.15, 0.2) is 0 Å². The molecule has 0 aliphatic carbocycles. The van der Waals surface area contributed by atoms with E-state index in [1.165, 1.54) is 0 Å². The Bertz CT molecular complexity index is 54.8. The Morgan fingerprint density at radius 3 is 2.33 bits per heavy atom. The maximum atomic E-state index is 10.1. The number of hydrogen-bond acceptors (Lipinski definition) is 1. The summed E-state index contributed by atoms with van der Waals surface area (Å²) in [6.07, 6.45) is 1.01. The highest BCUT2D eigenvalue weighted by Gasteiger charge is 1.81. The monoisotopic (exact) mass is 124 g/mol. The van der Waals surface area contributed by atoms with E-state index in [1.54, 1.807) is 0 Å². The average Bonchev–Trinajstić information content (AvgIpc) is 1.35. The lowest BCUT2D eigenvalue weighted by Crippen LogP contribution is -1.81. The lowest BCUT2D eigenvalue weighted by Gasteiger charge is -1.82. The molecule has 0 radical (unpaired) electrons. The molecule has 0 aromatic rings. The molecule has 2 atom stereocenters. The molecule has 38 valence electrons. The van der Waals surface area contributed by atoms with Crippen LogP contribution in [-0.2, 0) is 10.4 Å². The van der Waals surface area contributed by atoms with Crippen LogP contribution in [0, 0.1) is 0 Å². The van der Waals surface area contributed by atoms with Crippen LogP contribution >= 0.6 is 8.44 Å². The summed E-state index contributed by atoms with van der Waals surface area (Å²) in [7, 11) is 1.60. The largest absolute Gasteiger partial charge is 0.256 e. The molecule has 0 aliphatic heterocycles. The van der Waals surface area contributed by atoms with Gasteiger partial charge < -0.3 is 0 Å². The van der Waals surface area contributed by atoms with Crippen molar-refractivity contribution in [3.05, 3.63) is 0 Å². The summed E-state index contributed by atoms with van der Waals surface area (Å²) in [5, 5.41) is 0. The van der Waals surface area contributed by atoms with Crippen LogP contribution in [0.1, 0.15) is 13.3 Å². The lowest BCUT2D eigenvalue weighted by molar-refractivity contribution is 0.690. The fraction of sp³-hybridized carbons (Fsp3) is 1.00. The molecule has 0 N–H and O–H groups in total. The van der Waals surface area contributed by atoms with Gasteiger partial charge in [-0.3, -0.25) is 4.21 Å². The first-order valence-electron chi connectivity index (χ1n) is 1.90. The van der Waals surface area contributed by atoms with Crippen molar-refractivity contribution in [1.82, 2.24) is 0 Å². The minimum Gasteiger partial charge on any atom is -0.256 e. The van der Waals surface area contributed by atoms with Crippen molar-refractivity contribution >= 4 is 18.9 Å². The first-order valence-corrected chi connectivity index (χ1v) is 4.69. The predicted molar refractivity (Wildman–Crippen MR) is 33.0 cm³/mol. The quantitative estimate of drug-likeness (QED) is 0.500. The van der Waals surface area contributed by atoms with Gasteiger partial charge in [-0.2, -0.15) is 0 Å². The normalized spacial score (nSPS) is 14.3. The first kappa shape index (κ1) is 6.58. The molecule has 2 unspecified atom stereocenters. The van der Waals surface area contributed by atoms with E-state index < -0.39 is 10.4 Å². The van der Waals surface area contributed by atoms with Gasteiger partial charge in [0.05, 0.1) is 0 Å². The second-order valence-corrected chi connectivity index (χ2v) is 3.83. The molecule has 0 aliphatic rings. The Labute approximate surface area is 42.9 Å². The van der Waals surface area contributed by atoms with Crippen LogP contribution in [0.3, 0.4) is 0 Å². The van der Waals surface area contributed by atoms with E-state index in [0.717, 1.165) is 12.2 Å². The maximum Gasteiger partial charge on any atom is 0.0366 e. The standard InChI is InChI=1S/C3H9OPS/c1-2-3-6(4)5/h2-3,5H2,1H3. The molecule has 6 heavy (non-hydrogen) atoms. The molecule has 0 bridgehead atoms. The SMILES string of the molecule is CCCS(=O)P. The van der Waals surface area contributed by atoms with Crippen molar-refractivity contribution in [2.24, 2.45) is 0 Å². The van der Waals surface area contributed by atoms with Crippen LogP contribution in [0.25, 0.3) is 0 Å². The molecule has 0 fully saturated rings. The highest BCUT2D eigenvalue weighted by Crippen LogP contribution is 1.93. The van der Waals surface area contributed by atoms with Gasteiger partial charge in [-0.05, 0) is 14.9 Å². The second-order valence-electron chi connectivity index (χ2n) is 1.08. The zero-order chi connectivity index (χ0) is 4.99. The van der Waals surface area contributed by atoms with Gasteiger partial charge in [0.25, 0.3) is 0 Å². The van der Waals surface area contributed by atoms with E-state index in [9.17, 15) is 4.21 Å². The van der Waals surface area contributed by atoms with Crippen LogP contribution in [0.15, 0.2) is 0 Å². The average molecular weight is 124 g/mol. The van der Waals surface area contributed by atoms with Gasteiger partial charge in [-0.25, -0.2) is 0 Å². The minimum absolute atomic E-state index is 0.649. The van der Waals surface area contributed by atoms with Crippen LogP contribution in [0.4, 0.5) is 0 Å². The molecule has 0 saturated heterocycles. The highest BCUT2D eigenvalue weighted by molar-refractivity contribution is 8.33. The van der Waals surface area contributed by atoms with Crippen molar-refractivity contribution in [3.8, 4) is 0 Å². The lowest BCUT2D eigenvalue weighted by atomic mass is 10.6. The van der Waals surface area contributed by atoms with Gasteiger partial charge in [-0.1, -0.05) is 6.92 Å². The van der Waals surface area contributed by atoms with Gasteiger partial charge in [0.1, 0.15) is 0 Å². The molecular weight excluding hydrogens is 115 g/mol. The van der Waals surface area contributed by atoms with E-state index >= 15 is 0 Å². The molecule has 1 nitrogen and oxygen atoms in total. The van der Waals surface area contributed by atoms with Gasteiger partial charge in [0, 0.05) is 16.2 Å². The third-order valence-electron chi connectivity index (χ3n) is 0.405. The summed E-state index contributed by atoms with van der Waals surface area (Å²) in [5.74, 6) is 0.810. The summed E-state index contributed by atoms with van der Waals surface area (Å²) < 4.78 is 10.1. The zero-order valence-corrected chi connectivity index (χ0v) is 5.78. The molecule has 0 aromatic carbocycles. The Morgan fingerprint density at radius 1 is 1.83 bits per heavy atom. The van der Waals surface area contributed by atoms with Crippen molar-refractivity contribution in [2.45, 2.75) is 13.3 Å². The summed E-state index contributed by atoms with van der Waals surface area (Å²) in [4.78, 5) is 0. The van der Waals surface area contributed by atoms with Crippen LogP contribution in [-0.4, -0.2) is 9.96 Å². The molecule has 0 aromatic heterocycles. The van der Waals surface area contributed by atoms with Gasteiger partial charge in [-0.15, -0.1) is 0 Å². The molecule has 0 heterocycles. The molecule has 0 spiro atoms. The zero-order valence-electron chi connectivity index (χ0n) is 3.81. The van der Waals surface area contributed by atoms with Crippen molar-refractivity contribution < 1.29 is 4.21 Å². The second kappa shape index (κ2) is 3.76. The number of hydrogen-bond donors (Lipinski definition) is 0. The van der Waals surface area contributed by atoms with Crippen LogP contribution in [0.5, 0.6) is 0 Å². The molecule has 0 amide bonds. The fourth-order valence-electron chi connectivity index (χ4n) is 0.201. The van der Waals surface area contributed by atoms with E-state index in [1.807, 2.05) is 6.92 Å². The third-order valence-corrected chi connectivity index (χ3v) is 1.92. The predicted octanol–water partition coefficient (Wildman–Crippen LogP) is 0.935. The maximum absolute atomic E-state index is 10.1. The summed E-state index contributed by atoms with van der Waals surface area (Å²) in [6.45, 7) is 2.02. The van der Waals surface area contributed by atoms with E-state index in [2.05, 4.69) is 8.44 Å². The Balaban J connectivity index is 2.83.